The Balaban J connectivity index is 1.98. The van der Waals surface area contributed by atoms with Crippen LogP contribution >= 0.6 is 15.9 Å². The second-order valence-corrected chi connectivity index (χ2v) is 11.4. The van der Waals surface area contributed by atoms with Gasteiger partial charge in [0.15, 0.2) is 0 Å². The van der Waals surface area contributed by atoms with E-state index in [0.717, 1.165) is 14.5 Å². The summed E-state index contributed by atoms with van der Waals surface area (Å²) < 4.78 is 4.77. The molecule has 1 heterocycles. The van der Waals surface area contributed by atoms with Crippen LogP contribution < -0.4 is 0 Å². The number of benzene rings is 1. The van der Waals surface area contributed by atoms with Crippen LogP contribution in [0.25, 0.3) is 0 Å². The van der Waals surface area contributed by atoms with E-state index in [1.54, 1.807) is 0 Å². The van der Waals surface area contributed by atoms with Crippen molar-refractivity contribution in [2.75, 3.05) is 0 Å². The molecule has 1 saturated heterocycles. The Morgan fingerprint density at radius 3 is 2.40 bits per heavy atom. The van der Waals surface area contributed by atoms with E-state index in [4.69, 9.17) is 0 Å². The maximum absolute atomic E-state index is 11.9. The Morgan fingerprint density at radius 2 is 1.80 bits per heavy atom. The number of Topliss-reactive ketones (excluding diaryl/α,β-unsaturated/α-hetero) is 1. The van der Waals surface area contributed by atoms with Gasteiger partial charge in [-0.25, -0.2) is 0 Å². The van der Waals surface area contributed by atoms with Crippen LogP contribution in [0, 0.1) is 0 Å². The molecule has 0 aromatic heterocycles. The van der Waals surface area contributed by atoms with E-state index in [9.17, 15) is 4.79 Å². The molecule has 0 unspecified atom stereocenters. The van der Waals surface area contributed by atoms with Crippen molar-refractivity contribution >= 4 is 41.3 Å². The molecular formula is C12H14BrOTe+. The van der Waals surface area contributed by atoms with Crippen LogP contribution in [-0.4, -0.2) is 25.3 Å². The molecule has 15 heavy (non-hydrogen) atoms. The number of rotatable bonds is 3. The van der Waals surface area contributed by atoms with Gasteiger partial charge in [0.25, 0.3) is 0 Å². The number of hydrogen-bond donors (Lipinski definition) is 0. The molecule has 80 valence electrons. The Hall–Kier alpha value is 0.160. The summed E-state index contributed by atoms with van der Waals surface area (Å²) in [5.74, 6) is 0.376. The third kappa shape index (κ3) is 3.31. The summed E-state index contributed by atoms with van der Waals surface area (Å²) in [7, 11) is 0. The first kappa shape index (κ1) is 11.6. The Bertz CT molecular complexity index is 341. The van der Waals surface area contributed by atoms with Crippen molar-refractivity contribution in [3.8, 4) is 0 Å². The third-order valence-electron chi connectivity index (χ3n) is 2.62. The molecule has 0 spiro atoms. The van der Waals surface area contributed by atoms with Crippen LogP contribution in [0.2, 0.25) is 13.4 Å². The zero-order chi connectivity index (χ0) is 10.7. The van der Waals surface area contributed by atoms with Crippen LogP contribution in [0.4, 0.5) is 0 Å². The van der Waals surface area contributed by atoms with Crippen LogP contribution in [0.3, 0.4) is 0 Å². The summed E-state index contributed by atoms with van der Waals surface area (Å²) in [5, 5.41) is 0. The van der Waals surface area contributed by atoms with Crippen molar-refractivity contribution in [3.63, 3.8) is 0 Å². The van der Waals surface area contributed by atoms with E-state index in [2.05, 4.69) is 15.9 Å². The van der Waals surface area contributed by atoms with Crippen molar-refractivity contribution in [1.29, 1.82) is 0 Å². The van der Waals surface area contributed by atoms with Gasteiger partial charge in [-0.2, -0.15) is 0 Å². The molecule has 1 fully saturated rings. The third-order valence-corrected chi connectivity index (χ3v) is 10.0. The van der Waals surface area contributed by atoms with Crippen LogP contribution in [-0.2, 0) is 0 Å². The van der Waals surface area contributed by atoms with Gasteiger partial charge in [0.2, 0.25) is 0 Å². The van der Waals surface area contributed by atoms with Gasteiger partial charge in [-0.05, 0) is 0 Å². The molecule has 0 amide bonds. The van der Waals surface area contributed by atoms with Crippen molar-refractivity contribution in [3.05, 3.63) is 34.3 Å². The summed E-state index contributed by atoms with van der Waals surface area (Å²) in [6, 6.07) is 7.77. The van der Waals surface area contributed by atoms with Crippen molar-refractivity contribution in [1.82, 2.24) is 0 Å². The number of carbonyl (C=O) groups is 1. The molecule has 3 heteroatoms. The summed E-state index contributed by atoms with van der Waals surface area (Å²) in [6.07, 6.45) is 2.76. The first-order chi connectivity index (χ1) is 7.25. The van der Waals surface area contributed by atoms with E-state index in [-0.39, 0.29) is 0 Å². The van der Waals surface area contributed by atoms with Gasteiger partial charge >= 0.3 is 107 Å². The normalized spacial score (nSPS) is 16.9. The fourth-order valence-corrected chi connectivity index (χ4v) is 8.46. The molecule has 2 rings (SSSR count). The van der Waals surface area contributed by atoms with Gasteiger partial charge in [0.05, 0.1) is 0 Å². The molecule has 0 bridgehead atoms. The van der Waals surface area contributed by atoms with Crippen molar-refractivity contribution in [2.45, 2.75) is 26.2 Å². The van der Waals surface area contributed by atoms with Crippen LogP contribution in [0.15, 0.2) is 28.7 Å². The van der Waals surface area contributed by atoms with E-state index in [1.165, 1.54) is 21.8 Å². The van der Waals surface area contributed by atoms with Crippen LogP contribution in [0.5, 0.6) is 0 Å². The molecule has 1 aliphatic heterocycles. The molecule has 1 nitrogen and oxygen atoms in total. The zero-order valence-corrected chi connectivity index (χ0v) is 12.5. The second-order valence-electron chi connectivity index (χ2n) is 3.80. The molecule has 1 aromatic rings. The van der Waals surface area contributed by atoms with Crippen molar-refractivity contribution < 1.29 is 4.79 Å². The monoisotopic (exact) mass is 383 g/mol. The zero-order valence-electron chi connectivity index (χ0n) is 8.54. The minimum absolute atomic E-state index is 0.376. The molecular weight excluding hydrogens is 368 g/mol. The molecule has 0 aliphatic carbocycles. The second kappa shape index (κ2) is 5.48. The predicted molar refractivity (Wildman–Crippen MR) is 67.9 cm³/mol. The van der Waals surface area contributed by atoms with Gasteiger partial charge in [0.1, 0.15) is 0 Å². The maximum atomic E-state index is 11.9. The van der Waals surface area contributed by atoms with Gasteiger partial charge < -0.3 is 0 Å². The number of hydrogen-bond acceptors (Lipinski definition) is 1. The van der Waals surface area contributed by atoms with E-state index in [1.807, 2.05) is 24.3 Å². The van der Waals surface area contributed by atoms with E-state index < -0.39 is 19.6 Å². The van der Waals surface area contributed by atoms with Gasteiger partial charge in [0, 0.05) is 0 Å². The number of halogens is 1. The van der Waals surface area contributed by atoms with E-state index >= 15 is 0 Å². The molecule has 0 N–H and O–H groups in total. The van der Waals surface area contributed by atoms with Crippen LogP contribution in [0.1, 0.15) is 23.2 Å². The first-order valence-corrected chi connectivity index (χ1v) is 10.9. The van der Waals surface area contributed by atoms with Gasteiger partial charge in [-0.3, -0.25) is 0 Å². The van der Waals surface area contributed by atoms with Crippen molar-refractivity contribution in [2.24, 2.45) is 0 Å². The summed E-state index contributed by atoms with van der Waals surface area (Å²) in [4.78, 5) is 11.9. The number of carbonyl (C=O) groups excluding carboxylic acids is 1. The molecule has 0 radical (unpaired) electrons. The molecule has 1 aliphatic rings. The predicted octanol–water partition coefficient (Wildman–Crippen LogP) is 3.92. The van der Waals surface area contributed by atoms with Gasteiger partial charge in [-0.1, -0.05) is 0 Å². The Morgan fingerprint density at radius 1 is 1.20 bits per heavy atom. The Kier molecular flexibility index (Phi) is 4.25. The molecule has 0 atom stereocenters. The van der Waals surface area contributed by atoms with E-state index in [0.29, 0.717) is 5.78 Å². The average molecular weight is 382 g/mol. The van der Waals surface area contributed by atoms with Gasteiger partial charge in [-0.15, -0.1) is 0 Å². The summed E-state index contributed by atoms with van der Waals surface area (Å²) in [6.45, 7) is 0. The first-order valence-electron chi connectivity index (χ1n) is 5.18. The standard InChI is InChI=1S/C12H14BrOTe/c13-11-5-3-10(4-6-11)12(14)9-15-7-1-2-8-15/h3-6H,1-2,7-9H2/q+1. The fourth-order valence-electron chi connectivity index (χ4n) is 1.76. The number of ketones is 1. The fraction of sp³-hybridized carbons (Fsp3) is 0.417. The minimum atomic E-state index is -0.978. The summed E-state index contributed by atoms with van der Waals surface area (Å²) >= 11 is 2.40. The Labute approximate surface area is 106 Å². The average Bonchev–Trinajstić information content (AvgIpc) is 2.71. The molecule has 1 aromatic carbocycles. The quantitative estimate of drug-likeness (QED) is 0.573. The topological polar surface area (TPSA) is 17.1 Å². The summed E-state index contributed by atoms with van der Waals surface area (Å²) in [5.41, 5.74) is 0.894. The molecule has 0 saturated carbocycles. The SMILES string of the molecule is O=C(C[Te+]1CCCC1)c1ccc(Br)cc1.